The molecule has 0 saturated carbocycles. The highest BCUT2D eigenvalue weighted by Crippen LogP contribution is 2.39. The number of rotatable bonds is 4. The van der Waals surface area contributed by atoms with Crippen molar-refractivity contribution in [1.29, 1.82) is 0 Å². The van der Waals surface area contributed by atoms with Crippen molar-refractivity contribution in [2.24, 2.45) is 0 Å². The van der Waals surface area contributed by atoms with Crippen molar-refractivity contribution < 1.29 is 4.92 Å². The lowest BCUT2D eigenvalue weighted by Gasteiger charge is -2.08. The third-order valence-electron chi connectivity index (χ3n) is 5.28. The predicted octanol–water partition coefficient (Wildman–Crippen LogP) is 5.88. The Morgan fingerprint density at radius 2 is 1.91 bits per heavy atom. The van der Waals surface area contributed by atoms with Gasteiger partial charge in [0.05, 0.1) is 20.7 Å². The van der Waals surface area contributed by atoms with Crippen molar-refractivity contribution in [1.82, 2.24) is 15.0 Å². The highest BCUT2D eigenvalue weighted by molar-refractivity contribution is 7.99. The number of nitro groups is 1. The molecule has 1 N–H and O–H groups in total. The van der Waals surface area contributed by atoms with Crippen molar-refractivity contribution in [3.63, 3.8) is 0 Å². The van der Waals surface area contributed by atoms with Crippen LogP contribution in [0.25, 0.3) is 32.5 Å². The molecule has 32 heavy (non-hydrogen) atoms. The van der Waals surface area contributed by atoms with Gasteiger partial charge in [0.2, 0.25) is 0 Å². The highest BCUT2D eigenvalue weighted by Gasteiger charge is 2.19. The van der Waals surface area contributed by atoms with Gasteiger partial charge in [0.25, 0.3) is 11.2 Å². The lowest BCUT2D eigenvalue weighted by Crippen LogP contribution is -2.09. The van der Waals surface area contributed by atoms with E-state index in [4.69, 9.17) is 0 Å². The number of hydrogen-bond donors (Lipinski definition) is 1. The van der Waals surface area contributed by atoms with E-state index in [1.165, 1.54) is 29.2 Å². The quantitative estimate of drug-likeness (QED) is 0.266. The Balaban J connectivity index is 1.60. The normalized spacial score (nSPS) is 11.3. The lowest BCUT2D eigenvalue weighted by molar-refractivity contribution is -0.387. The Kier molecular flexibility index (Phi) is 4.99. The van der Waals surface area contributed by atoms with Crippen molar-refractivity contribution in [3.05, 3.63) is 85.6 Å². The van der Waals surface area contributed by atoms with Crippen LogP contribution in [-0.4, -0.2) is 19.9 Å². The molecule has 3 heterocycles. The fourth-order valence-corrected chi connectivity index (χ4v) is 5.62. The second kappa shape index (κ2) is 7.85. The van der Waals surface area contributed by atoms with E-state index in [0.717, 1.165) is 26.2 Å². The van der Waals surface area contributed by atoms with E-state index in [0.29, 0.717) is 26.5 Å². The summed E-state index contributed by atoms with van der Waals surface area (Å²) in [7, 11) is 0. The van der Waals surface area contributed by atoms with Gasteiger partial charge in [-0.2, -0.15) is 0 Å². The van der Waals surface area contributed by atoms with Gasteiger partial charge in [-0.1, -0.05) is 30.0 Å². The number of nitro benzene ring substituents is 1. The Hall–Kier alpha value is -3.56. The molecule has 9 heteroatoms. The van der Waals surface area contributed by atoms with Crippen LogP contribution in [0.2, 0.25) is 0 Å². The summed E-state index contributed by atoms with van der Waals surface area (Å²) in [5.41, 5.74) is 1.89. The summed E-state index contributed by atoms with van der Waals surface area (Å²) >= 11 is 2.73. The number of H-pyrrole nitrogens is 1. The van der Waals surface area contributed by atoms with Crippen LogP contribution in [0, 0.1) is 24.0 Å². The van der Waals surface area contributed by atoms with Crippen LogP contribution in [0.4, 0.5) is 5.69 Å². The summed E-state index contributed by atoms with van der Waals surface area (Å²) in [5, 5.41) is 13.4. The first kappa shape index (κ1) is 20.3. The number of aromatic amines is 1. The molecule has 5 rings (SSSR count). The third-order valence-corrected chi connectivity index (χ3v) is 7.50. The molecule has 7 nitrogen and oxygen atoms in total. The molecule has 0 amide bonds. The molecule has 0 radical (unpaired) electrons. The molecule has 0 atom stereocenters. The fourth-order valence-electron chi connectivity index (χ4n) is 3.56. The van der Waals surface area contributed by atoms with Crippen LogP contribution in [0.5, 0.6) is 0 Å². The van der Waals surface area contributed by atoms with Crippen LogP contribution in [0.15, 0.2) is 69.3 Å². The molecule has 0 aliphatic carbocycles. The van der Waals surface area contributed by atoms with Crippen molar-refractivity contribution >= 4 is 49.9 Å². The molecule has 0 saturated heterocycles. The second-order valence-electron chi connectivity index (χ2n) is 7.25. The molecule has 0 aliphatic rings. The molecule has 0 fully saturated rings. The summed E-state index contributed by atoms with van der Waals surface area (Å²) in [6.07, 6.45) is 1.70. The first-order chi connectivity index (χ1) is 15.4. The summed E-state index contributed by atoms with van der Waals surface area (Å²) in [6, 6.07) is 14.5. The molecule has 158 valence electrons. The Morgan fingerprint density at radius 1 is 1.09 bits per heavy atom. The summed E-state index contributed by atoms with van der Waals surface area (Å²) in [4.78, 5) is 38.8. The zero-order chi connectivity index (χ0) is 22.4. The molecule has 0 bridgehead atoms. The summed E-state index contributed by atoms with van der Waals surface area (Å²) < 4.78 is 0. The number of nitrogens with one attached hydrogen (secondary N) is 1. The van der Waals surface area contributed by atoms with Crippen molar-refractivity contribution in [2.75, 3.05) is 0 Å². The van der Waals surface area contributed by atoms with E-state index in [1.54, 1.807) is 18.3 Å². The summed E-state index contributed by atoms with van der Waals surface area (Å²) in [6.45, 7) is 3.84. The second-order valence-corrected chi connectivity index (χ2v) is 9.54. The third kappa shape index (κ3) is 3.45. The SMILES string of the molecule is Cc1sc2nc(-c3ccc(Sc4cccc5cccnc45)c([N+](=O)[O-])c3)[nH]c(=O)c2c1C. The van der Waals surface area contributed by atoms with Gasteiger partial charge >= 0.3 is 0 Å². The van der Waals surface area contributed by atoms with Gasteiger partial charge < -0.3 is 4.98 Å². The molecule has 0 unspecified atom stereocenters. The monoisotopic (exact) mass is 460 g/mol. The number of para-hydroxylation sites is 1. The van der Waals surface area contributed by atoms with Gasteiger partial charge in [0.1, 0.15) is 10.7 Å². The van der Waals surface area contributed by atoms with Crippen molar-refractivity contribution in [3.8, 4) is 11.4 Å². The maximum Gasteiger partial charge on any atom is 0.283 e. The minimum Gasteiger partial charge on any atom is -0.306 e. The average molecular weight is 461 g/mol. The number of pyridine rings is 1. The zero-order valence-electron chi connectivity index (χ0n) is 17.1. The number of aryl methyl sites for hydroxylation is 2. The Morgan fingerprint density at radius 3 is 2.72 bits per heavy atom. The molecule has 0 aliphatic heterocycles. The maximum absolute atomic E-state index is 12.6. The fraction of sp³-hybridized carbons (Fsp3) is 0.0870. The zero-order valence-corrected chi connectivity index (χ0v) is 18.7. The molecular formula is C23H16N4O3S2. The van der Waals surface area contributed by atoms with Gasteiger partial charge in [-0.25, -0.2) is 4.98 Å². The minimum atomic E-state index is -0.416. The van der Waals surface area contributed by atoms with Crippen LogP contribution in [0.3, 0.4) is 0 Å². The molecular weight excluding hydrogens is 444 g/mol. The first-order valence-corrected chi connectivity index (χ1v) is 11.4. The van der Waals surface area contributed by atoms with Crippen LogP contribution in [0.1, 0.15) is 10.4 Å². The van der Waals surface area contributed by atoms with Gasteiger partial charge in [-0.05, 0) is 43.7 Å². The largest absolute Gasteiger partial charge is 0.306 e. The first-order valence-electron chi connectivity index (χ1n) is 9.73. The number of benzene rings is 2. The predicted molar refractivity (Wildman–Crippen MR) is 128 cm³/mol. The van der Waals surface area contributed by atoms with E-state index in [2.05, 4.69) is 15.0 Å². The topological polar surface area (TPSA) is 102 Å². The number of nitrogens with zero attached hydrogens (tertiary/aromatic N) is 3. The van der Waals surface area contributed by atoms with E-state index in [1.807, 2.05) is 44.2 Å². The van der Waals surface area contributed by atoms with Crippen molar-refractivity contribution in [2.45, 2.75) is 23.6 Å². The van der Waals surface area contributed by atoms with E-state index in [9.17, 15) is 14.9 Å². The van der Waals surface area contributed by atoms with Gasteiger partial charge in [0.15, 0.2) is 0 Å². The summed E-state index contributed by atoms with van der Waals surface area (Å²) in [5.74, 6) is 0.315. The molecule has 2 aromatic carbocycles. The number of hydrogen-bond acceptors (Lipinski definition) is 7. The van der Waals surface area contributed by atoms with Crippen LogP contribution in [-0.2, 0) is 0 Å². The number of fused-ring (bicyclic) bond motifs is 2. The lowest BCUT2D eigenvalue weighted by atomic mass is 10.1. The standard InChI is InChI=1S/C23H16N4O3S2/c1-12-13(2)31-23-19(12)22(28)25-21(26-23)15-8-9-17(16(11-15)27(29)30)32-18-7-3-5-14-6-4-10-24-20(14)18/h3-11H,1-2H3,(H,25,26,28). The Labute approximate surface area is 190 Å². The van der Waals surface area contributed by atoms with Crippen LogP contribution >= 0.6 is 23.1 Å². The number of aromatic nitrogens is 3. The van der Waals surface area contributed by atoms with Gasteiger partial charge in [-0.3, -0.25) is 19.9 Å². The average Bonchev–Trinajstić information content (AvgIpc) is 3.08. The Bertz CT molecular complexity index is 1580. The minimum absolute atomic E-state index is 0.0540. The number of thiophene rings is 1. The smallest absolute Gasteiger partial charge is 0.283 e. The molecule has 3 aromatic heterocycles. The molecule has 0 spiro atoms. The molecule has 5 aromatic rings. The van der Waals surface area contributed by atoms with E-state index in [-0.39, 0.29) is 11.2 Å². The van der Waals surface area contributed by atoms with Gasteiger partial charge in [-0.15, -0.1) is 11.3 Å². The highest BCUT2D eigenvalue weighted by atomic mass is 32.2. The van der Waals surface area contributed by atoms with E-state index >= 15 is 0 Å². The van der Waals surface area contributed by atoms with Crippen LogP contribution < -0.4 is 5.56 Å². The maximum atomic E-state index is 12.6. The van der Waals surface area contributed by atoms with Gasteiger partial charge in [0, 0.05) is 33.0 Å². The van der Waals surface area contributed by atoms with E-state index < -0.39 is 4.92 Å².